The second-order valence-electron chi connectivity index (χ2n) is 4.93. The molecule has 1 N–H and O–H groups in total. The van der Waals surface area contributed by atoms with Crippen LogP contribution in [0.15, 0.2) is 59.5 Å². The smallest absolute Gasteiger partial charge is 0.0841 e. The monoisotopic (exact) mass is 297 g/mol. The van der Waals surface area contributed by atoms with Crippen LogP contribution in [0.1, 0.15) is 5.69 Å². The van der Waals surface area contributed by atoms with Crippen molar-refractivity contribution < 1.29 is 0 Å². The lowest BCUT2D eigenvalue weighted by molar-refractivity contribution is 0.687. The molecule has 21 heavy (non-hydrogen) atoms. The fourth-order valence-corrected chi connectivity index (χ4v) is 3.22. The molecule has 0 saturated heterocycles. The number of hydrogen-bond donors (Lipinski definition) is 1. The lowest BCUT2D eigenvalue weighted by Gasteiger charge is -2.03. The molecule has 1 heterocycles. The number of fused-ring (bicyclic) bond motifs is 1. The fraction of sp³-hybridized carbons (Fsp3) is 0.235. The fourth-order valence-electron chi connectivity index (χ4n) is 2.38. The molecule has 3 rings (SSSR count). The number of aryl methyl sites for hydroxylation is 1. The summed E-state index contributed by atoms with van der Waals surface area (Å²) in [4.78, 5) is 1.32. The molecule has 0 saturated carbocycles. The normalized spacial score (nSPS) is 11.1. The molecule has 2 aromatic carbocycles. The highest BCUT2D eigenvalue weighted by atomic mass is 32.2. The van der Waals surface area contributed by atoms with Gasteiger partial charge in [0.25, 0.3) is 0 Å². The first-order chi connectivity index (χ1) is 10.3. The number of thioether (sulfide) groups is 1. The Balaban J connectivity index is 1.51. The van der Waals surface area contributed by atoms with E-state index < -0.39 is 0 Å². The van der Waals surface area contributed by atoms with Crippen molar-refractivity contribution in [2.24, 2.45) is 7.05 Å². The summed E-state index contributed by atoms with van der Waals surface area (Å²) in [5.41, 5.74) is 2.31. The Morgan fingerprint density at radius 3 is 2.67 bits per heavy atom. The number of aromatic nitrogens is 2. The van der Waals surface area contributed by atoms with E-state index in [1.54, 1.807) is 0 Å². The van der Waals surface area contributed by atoms with E-state index in [1.807, 2.05) is 23.5 Å². The molecule has 108 valence electrons. The summed E-state index contributed by atoms with van der Waals surface area (Å²) in [6.45, 7) is 1.79. The van der Waals surface area contributed by atoms with E-state index in [1.165, 1.54) is 15.8 Å². The zero-order valence-electron chi connectivity index (χ0n) is 12.1. The van der Waals surface area contributed by atoms with Crippen LogP contribution in [0.4, 0.5) is 0 Å². The van der Waals surface area contributed by atoms with Gasteiger partial charge in [0.15, 0.2) is 0 Å². The second-order valence-corrected chi connectivity index (χ2v) is 6.09. The summed E-state index contributed by atoms with van der Waals surface area (Å²) >= 11 is 1.88. The molecule has 3 nitrogen and oxygen atoms in total. The molecule has 0 bridgehead atoms. The predicted octanol–water partition coefficient (Wildman–Crippen LogP) is 3.46. The summed E-state index contributed by atoms with van der Waals surface area (Å²) in [6.07, 6.45) is 0. The molecule has 0 radical (unpaired) electrons. The molecule has 0 aliphatic heterocycles. The first-order valence-electron chi connectivity index (χ1n) is 7.14. The van der Waals surface area contributed by atoms with Crippen LogP contribution in [-0.4, -0.2) is 22.1 Å². The summed E-state index contributed by atoms with van der Waals surface area (Å²) in [5.74, 6) is 1.06. The molecule has 0 fully saturated rings. The van der Waals surface area contributed by atoms with E-state index in [4.69, 9.17) is 0 Å². The second kappa shape index (κ2) is 6.78. The van der Waals surface area contributed by atoms with Crippen LogP contribution >= 0.6 is 11.8 Å². The number of para-hydroxylation sites is 1. The Bertz CT molecular complexity index is 706. The summed E-state index contributed by atoms with van der Waals surface area (Å²) in [5, 5.41) is 9.31. The summed E-state index contributed by atoms with van der Waals surface area (Å²) < 4.78 is 1.95. The highest BCUT2D eigenvalue weighted by Crippen LogP contribution is 2.18. The highest BCUT2D eigenvalue weighted by molar-refractivity contribution is 7.99. The molecule has 1 aromatic heterocycles. The number of nitrogens with zero attached hydrogens (tertiary/aromatic N) is 2. The molecule has 0 aliphatic rings. The Hall–Kier alpha value is -1.78. The van der Waals surface area contributed by atoms with Gasteiger partial charge in [0.05, 0.1) is 11.2 Å². The number of benzene rings is 2. The van der Waals surface area contributed by atoms with Crippen molar-refractivity contribution in [1.29, 1.82) is 0 Å². The largest absolute Gasteiger partial charge is 0.310 e. The van der Waals surface area contributed by atoms with Gasteiger partial charge in [-0.15, -0.1) is 11.8 Å². The third kappa shape index (κ3) is 3.46. The maximum absolute atomic E-state index is 4.59. The minimum Gasteiger partial charge on any atom is -0.310 e. The number of rotatable bonds is 6. The van der Waals surface area contributed by atoms with Gasteiger partial charge in [-0.05, 0) is 18.2 Å². The van der Waals surface area contributed by atoms with Crippen molar-refractivity contribution in [3.05, 3.63) is 60.3 Å². The van der Waals surface area contributed by atoms with Crippen LogP contribution < -0.4 is 5.32 Å². The Morgan fingerprint density at radius 1 is 1.05 bits per heavy atom. The first-order valence-corrected chi connectivity index (χ1v) is 8.12. The molecule has 0 spiro atoms. The summed E-state index contributed by atoms with van der Waals surface area (Å²) in [7, 11) is 2.00. The van der Waals surface area contributed by atoms with Crippen LogP contribution in [-0.2, 0) is 13.6 Å². The first kappa shape index (κ1) is 14.2. The Labute approximate surface area is 129 Å². The van der Waals surface area contributed by atoms with Crippen LogP contribution in [0.2, 0.25) is 0 Å². The van der Waals surface area contributed by atoms with Crippen molar-refractivity contribution in [1.82, 2.24) is 15.1 Å². The SMILES string of the molecule is Cn1nc(CNCCSc2ccccc2)c2ccccc21. The molecule has 3 aromatic rings. The van der Waals surface area contributed by atoms with Gasteiger partial charge in [-0.25, -0.2) is 0 Å². The number of hydrogen-bond acceptors (Lipinski definition) is 3. The van der Waals surface area contributed by atoms with E-state index in [0.717, 1.165) is 24.5 Å². The third-order valence-corrected chi connectivity index (χ3v) is 4.43. The zero-order valence-corrected chi connectivity index (χ0v) is 12.9. The van der Waals surface area contributed by atoms with Crippen molar-refractivity contribution >= 4 is 22.7 Å². The van der Waals surface area contributed by atoms with Crippen LogP contribution in [0.5, 0.6) is 0 Å². The van der Waals surface area contributed by atoms with Gasteiger partial charge in [-0.2, -0.15) is 5.10 Å². The Kier molecular flexibility index (Phi) is 4.58. The van der Waals surface area contributed by atoms with Gasteiger partial charge in [0, 0.05) is 36.2 Å². The van der Waals surface area contributed by atoms with E-state index in [2.05, 4.69) is 65.0 Å². The van der Waals surface area contributed by atoms with Crippen LogP contribution in [0.3, 0.4) is 0 Å². The average Bonchev–Trinajstić information content (AvgIpc) is 2.85. The van der Waals surface area contributed by atoms with Crippen LogP contribution in [0.25, 0.3) is 10.9 Å². The maximum Gasteiger partial charge on any atom is 0.0841 e. The van der Waals surface area contributed by atoms with Crippen molar-refractivity contribution in [2.45, 2.75) is 11.4 Å². The molecule has 0 atom stereocenters. The Morgan fingerprint density at radius 2 is 1.81 bits per heavy atom. The maximum atomic E-state index is 4.59. The molecule has 0 aliphatic carbocycles. The van der Waals surface area contributed by atoms with Crippen molar-refractivity contribution in [3.8, 4) is 0 Å². The van der Waals surface area contributed by atoms with E-state index in [9.17, 15) is 0 Å². The lowest BCUT2D eigenvalue weighted by atomic mass is 10.2. The van der Waals surface area contributed by atoms with E-state index in [-0.39, 0.29) is 0 Å². The molecule has 0 unspecified atom stereocenters. The zero-order chi connectivity index (χ0) is 14.5. The molecule has 4 heteroatoms. The van der Waals surface area contributed by atoms with Gasteiger partial charge >= 0.3 is 0 Å². The van der Waals surface area contributed by atoms with E-state index in [0.29, 0.717) is 0 Å². The van der Waals surface area contributed by atoms with Gasteiger partial charge in [-0.1, -0.05) is 36.4 Å². The third-order valence-electron chi connectivity index (χ3n) is 3.42. The van der Waals surface area contributed by atoms with Gasteiger partial charge in [0.1, 0.15) is 0 Å². The van der Waals surface area contributed by atoms with E-state index >= 15 is 0 Å². The molecular weight excluding hydrogens is 278 g/mol. The summed E-state index contributed by atoms with van der Waals surface area (Å²) in [6, 6.07) is 18.9. The van der Waals surface area contributed by atoms with Gasteiger partial charge in [0.2, 0.25) is 0 Å². The topological polar surface area (TPSA) is 29.9 Å². The molecular formula is C17H19N3S. The minimum absolute atomic E-state index is 0.816. The number of nitrogens with one attached hydrogen (secondary N) is 1. The molecule has 0 amide bonds. The van der Waals surface area contributed by atoms with Gasteiger partial charge in [-0.3, -0.25) is 4.68 Å². The quantitative estimate of drug-likeness (QED) is 0.558. The minimum atomic E-state index is 0.816. The lowest BCUT2D eigenvalue weighted by Crippen LogP contribution is -2.17. The van der Waals surface area contributed by atoms with Gasteiger partial charge < -0.3 is 5.32 Å². The predicted molar refractivity (Wildman–Crippen MR) is 89.6 cm³/mol. The van der Waals surface area contributed by atoms with Crippen molar-refractivity contribution in [2.75, 3.05) is 12.3 Å². The van der Waals surface area contributed by atoms with Crippen LogP contribution in [0, 0.1) is 0 Å². The van der Waals surface area contributed by atoms with Crippen molar-refractivity contribution in [3.63, 3.8) is 0 Å². The standard InChI is InChI=1S/C17H19N3S/c1-20-17-10-6-5-9-15(17)16(19-20)13-18-11-12-21-14-7-3-2-4-8-14/h2-10,18H,11-13H2,1H3. The average molecular weight is 297 g/mol. The highest BCUT2D eigenvalue weighted by Gasteiger charge is 2.06.